The minimum atomic E-state index is -3.78. The van der Waals surface area contributed by atoms with E-state index in [-0.39, 0.29) is 13.2 Å². The van der Waals surface area contributed by atoms with Gasteiger partial charge in [0, 0.05) is 0 Å². The van der Waals surface area contributed by atoms with Crippen LogP contribution in [0.15, 0.2) is 0 Å². The highest BCUT2D eigenvalue weighted by molar-refractivity contribution is 4.68. The zero-order valence-corrected chi connectivity index (χ0v) is 5.22. The molecular weight excluding hydrogens is 146 g/mol. The summed E-state index contributed by atoms with van der Waals surface area (Å²) in [5.74, 6) is 0. The first-order valence-electron chi connectivity index (χ1n) is 2.90. The van der Waals surface area contributed by atoms with Crippen molar-refractivity contribution in [3.8, 4) is 0 Å². The molecule has 0 aromatic rings. The third-order valence-corrected chi connectivity index (χ3v) is 1.20. The van der Waals surface area contributed by atoms with Crippen LogP contribution in [0.25, 0.3) is 0 Å². The molecule has 1 heterocycles. The van der Waals surface area contributed by atoms with Gasteiger partial charge in [0.25, 0.3) is 0 Å². The molecule has 1 aliphatic heterocycles. The number of hydrogen-bond donors (Lipinski definition) is 1. The molecule has 10 heavy (non-hydrogen) atoms. The third-order valence-electron chi connectivity index (χ3n) is 1.20. The van der Waals surface area contributed by atoms with Gasteiger partial charge in [-0.05, 0) is 0 Å². The highest BCUT2D eigenvalue weighted by Gasteiger charge is 2.39. The number of alkyl halides is 2. The van der Waals surface area contributed by atoms with Gasteiger partial charge in [0.2, 0.25) is 0 Å². The summed E-state index contributed by atoms with van der Waals surface area (Å²) in [7, 11) is 0. The average molecular weight is 154 g/mol. The van der Waals surface area contributed by atoms with Crippen molar-refractivity contribution >= 4 is 0 Å². The van der Waals surface area contributed by atoms with Crippen molar-refractivity contribution in [1.82, 2.24) is 0 Å². The van der Waals surface area contributed by atoms with E-state index in [9.17, 15) is 8.78 Å². The van der Waals surface area contributed by atoms with Crippen LogP contribution >= 0.6 is 0 Å². The van der Waals surface area contributed by atoms with Crippen LogP contribution in [0.2, 0.25) is 0 Å². The van der Waals surface area contributed by atoms with Crippen LogP contribution in [0.1, 0.15) is 0 Å². The van der Waals surface area contributed by atoms with Crippen molar-refractivity contribution < 1.29 is 23.4 Å². The van der Waals surface area contributed by atoms with Gasteiger partial charge in [-0.2, -0.15) is 8.78 Å². The maximum absolute atomic E-state index is 12.0. The fourth-order valence-corrected chi connectivity index (χ4v) is 0.688. The summed E-state index contributed by atoms with van der Waals surface area (Å²) in [5.41, 5.74) is 0. The maximum atomic E-state index is 12.0. The number of halogens is 2. The Kier molecular flexibility index (Phi) is 2.18. The Hall–Kier alpha value is -0.260. The molecule has 0 bridgehead atoms. The zero-order chi connectivity index (χ0) is 7.61. The molecule has 5 heteroatoms. The first kappa shape index (κ1) is 7.84. The molecule has 1 unspecified atom stereocenters. The predicted molar refractivity (Wildman–Crippen MR) is 27.7 cm³/mol. The summed E-state index contributed by atoms with van der Waals surface area (Å²) < 4.78 is 33.1. The number of rotatable bonds is 1. The standard InChI is InChI=1S/C5H8F2O3/c6-5(7,8)4-3-9-1-2-10-4/h4,8H,1-3H2. The average Bonchev–Trinajstić information content (AvgIpc) is 1.88. The Morgan fingerprint density at radius 1 is 1.40 bits per heavy atom. The second kappa shape index (κ2) is 2.77. The van der Waals surface area contributed by atoms with Gasteiger partial charge in [-0.1, -0.05) is 0 Å². The summed E-state index contributed by atoms with van der Waals surface area (Å²) in [6.07, 6.45) is -5.28. The van der Waals surface area contributed by atoms with Gasteiger partial charge in [-0.3, -0.25) is 0 Å². The van der Waals surface area contributed by atoms with E-state index in [0.717, 1.165) is 0 Å². The fourth-order valence-electron chi connectivity index (χ4n) is 0.688. The molecule has 3 nitrogen and oxygen atoms in total. The second-order valence-electron chi connectivity index (χ2n) is 2.02. The molecule has 0 radical (unpaired) electrons. The Labute approximate surface area is 56.5 Å². The highest BCUT2D eigenvalue weighted by atomic mass is 19.3. The van der Waals surface area contributed by atoms with Gasteiger partial charge >= 0.3 is 6.11 Å². The van der Waals surface area contributed by atoms with Crippen molar-refractivity contribution in [2.75, 3.05) is 19.8 Å². The van der Waals surface area contributed by atoms with Crippen LogP contribution in [0.4, 0.5) is 8.78 Å². The Bertz CT molecular complexity index is 106. The van der Waals surface area contributed by atoms with E-state index in [2.05, 4.69) is 9.47 Å². The molecule has 0 aromatic heterocycles. The van der Waals surface area contributed by atoms with Crippen LogP contribution in [0, 0.1) is 0 Å². The molecule has 1 atom stereocenters. The van der Waals surface area contributed by atoms with Gasteiger partial charge in [-0.15, -0.1) is 0 Å². The molecule has 60 valence electrons. The van der Waals surface area contributed by atoms with Gasteiger partial charge < -0.3 is 14.6 Å². The van der Waals surface area contributed by atoms with Gasteiger partial charge in [0.1, 0.15) is 0 Å². The second-order valence-corrected chi connectivity index (χ2v) is 2.02. The lowest BCUT2D eigenvalue weighted by atomic mass is 10.3. The summed E-state index contributed by atoms with van der Waals surface area (Å²) in [4.78, 5) is 0. The van der Waals surface area contributed by atoms with Crippen LogP contribution in [-0.2, 0) is 9.47 Å². The highest BCUT2D eigenvalue weighted by Crippen LogP contribution is 2.19. The van der Waals surface area contributed by atoms with Crippen LogP contribution < -0.4 is 0 Å². The van der Waals surface area contributed by atoms with E-state index >= 15 is 0 Å². The van der Waals surface area contributed by atoms with E-state index in [1.165, 1.54) is 0 Å². The van der Waals surface area contributed by atoms with Crippen molar-refractivity contribution in [2.24, 2.45) is 0 Å². The third kappa shape index (κ3) is 1.86. The Balaban J connectivity index is 2.39. The molecule has 0 saturated carbocycles. The lowest BCUT2D eigenvalue weighted by Crippen LogP contribution is -2.43. The normalized spacial score (nSPS) is 28.5. The SMILES string of the molecule is OC(F)(F)C1COCCO1. The van der Waals surface area contributed by atoms with E-state index in [4.69, 9.17) is 5.11 Å². The molecule has 0 spiro atoms. The van der Waals surface area contributed by atoms with E-state index in [0.29, 0.717) is 6.61 Å². The Morgan fingerprint density at radius 3 is 2.40 bits per heavy atom. The van der Waals surface area contributed by atoms with Crippen molar-refractivity contribution in [3.05, 3.63) is 0 Å². The number of ether oxygens (including phenoxy) is 2. The summed E-state index contributed by atoms with van der Waals surface area (Å²) in [6, 6.07) is 0. The topological polar surface area (TPSA) is 38.7 Å². The van der Waals surface area contributed by atoms with Crippen molar-refractivity contribution in [3.63, 3.8) is 0 Å². The quantitative estimate of drug-likeness (QED) is 0.577. The molecule has 1 aliphatic rings. The number of aliphatic hydroxyl groups is 1. The largest absolute Gasteiger partial charge is 0.381 e. The summed E-state index contributed by atoms with van der Waals surface area (Å²) >= 11 is 0. The van der Waals surface area contributed by atoms with E-state index in [1.807, 2.05) is 0 Å². The van der Waals surface area contributed by atoms with Crippen LogP contribution in [0.3, 0.4) is 0 Å². The van der Waals surface area contributed by atoms with Crippen LogP contribution in [0.5, 0.6) is 0 Å². The van der Waals surface area contributed by atoms with Crippen LogP contribution in [-0.4, -0.2) is 37.1 Å². The molecule has 1 rings (SSSR count). The first-order valence-corrected chi connectivity index (χ1v) is 2.90. The molecular formula is C5H8F2O3. The predicted octanol–water partition coefficient (Wildman–Crippen LogP) is -0.0131. The van der Waals surface area contributed by atoms with E-state index in [1.54, 1.807) is 0 Å². The molecule has 1 fully saturated rings. The lowest BCUT2D eigenvalue weighted by Gasteiger charge is -2.25. The minimum Gasteiger partial charge on any atom is -0.376 e. The van der Waals surface area contributed by atoms with Gasteiger partial charge in [-0.25, -0.2) is 0 Å². The maximum Gasteiger partial charge on any atom is 0.381 e. The first-order chi connectivity index (χ1) is 4.61. The molecule has 0 amide bonds. The summed E-state index contributed by atoms with van der Waals surface area (Å²) in [5, 5.41) is 8.10. The van der Waals surface area contributed by atoms with E-state index < -0.39 is 12.2 Å². The lowest BCUT2D eigenvalue weighted by molar-refractivity contribution is -0.294. The zero-order valence-electron chi connectivity index (χ0n) is 5.22. The van der Waals surface area contributed by atoms with Crippen molar-refractivity contribution in [2.45, 2.75) is 12.2 Å². The smallest absolute Gasteiger partial charge is 0.376 e. The van der Waals surface area contributed by atoms with Gasteiger partial charge in [0.15, 0.2) is 6.10 Å². The molecule has 0 aliphatic carbocycles. The minimum absolute atomic E-state index is 0.112. The Morgan fingerprint density at radius 2 is 2.10 bits per heavy atom. The fraction of sp³-hybridized carbons (Fsp3) is 1.00. The molecule has 1 N–H and O–H groups in total. The van der Waals surface area contributed by atoms with Crippen molar-refractivity contribution in [1.29, 1.82) is 0 Å². The molecule has 0 aromatic carbocycles. The molecule has 1 saturated heterocycles. The summed E-state index contributed by atoms with van der Waals surface area (Å²) in [6.45, 7) is 0.177. The monoisotopic (exact) mass is 154 g/mol. The van der Waals surface area contributed by atoms with Gasteiger partial charge in [0.05, 0.1) is 19.8 Å². The number of hydrogen-bond acceptors (Lipinski definition) is 3.